The summed E-state index contributed by atoms with van der Waals surface area (Å²) in [6.07, 6.45) is 4.76. The highest BCUT2D eigenvalue weighted by molar-refractivity contribution is 5.96. The van der Waals surface area contributed by atoms with Crippen molar-refractivity contribution in [1.29, 1.82) is 0 Å². The van der Waals surface area contributed by atoms with Crippen LogP contribution in [0.1, 0.15) is 32.1 Å². The number of likely N-dealkylation sites (tertiary alicyclic amines) is 2. The van der Waals surface area contributed by atoms with Gasteiger partial charge in [0.15, 0.2) is 5.82 Å². The SMILES string of the molecule is NC(N)C(C(=O)Nc1cncc(F)c1N1CCC(C(=O)N2CC(N3CCCCC3)C2)CC1)C1NCC(F)CN1. The molecule has 0 spiro atoms. The van der Waals surface area contributed by atoms with Crippen molar-refractivity contribution >= 4 is 23.2 Å². The number of nitrogens with zero attached hydrogens (tertiary/aromatic N) is 4. The molecule has 216 valence electrons. The molecular weight excluding hydrogens is 508 g/mol. The van der Waals surface area contributed by atoms with Crippen LogP contribution in [0.3, 0.4) is 0 Å². The summed E-state index contributed by atoms with van der Waals surface area (Å²) in [6.45, 7) is 4.97. The van der Waals surface area contributed by atoms with Crippen LogP contribution in [0.15, 0.2) is 12.4 Å². The molecule has 2 amide bonds. The molecule has 0 aromatic carbocycles. The summed E-state index contributed by atoms with van der Waals surface area (Å²) in [5, 5.41) is 8.58. The zero-order valence-corrected chi connectivity index (χ0v) is 22.3. The molecule has 1 aromatic rings. The third-order valence-electron chi connectivity index (χ3n) is 8.57. The predicted molar refractivity (Wildman–Crippen MR) is 144 cm³/mol. The summed E-state index contributed by atoms with van der Waals surface area (Å²) in [5.74, 6) is -1.91. The number of alkyl halides is 1. The van der Waals surface area contributed by atoms with Crippen LogP contribution in [-0.4, -0.2) is 104 Å². The number of amides is 2. The van der Waals surface area contributed by atoms with Gasteiger partial charge in [-0.1, -0.05) is 6.42 Å². The van der Waals surface area contributed by atoms with Crippen molar-refractivity contribution < 1.29 is 18.4 Å². The summed E-state index contributed by atoms with van der Waals surface area (Å²) < 4.78 is 28.6. The van der Waals surface area contributed by atoms with Crippen LogP contribution < -0.4 is 32.3 Å². The lowest BCUT2D eigenvalue weighted by Gasteiger charge is -2.48. The first-order chi connectivity index (χ1) is 18.8. The molecule has 4 fully saturated rings. The molecule has 5 rings (SSSR count). The van der Waals surface area contributed by atoms with E-state index >= 15 is 4.39 Å². The van der Waals surface area contributed by atoms with Crippen LogP contribution in [-0.2, 0) is 9.59 Å². The number of nitrogens with one attached hydrogen (secondary N) is 3. The van der Waals surface area contributed by atoms with Crippen molar-refractivity contribution in [2.45, 2.75) is 56.6 Å². The van der Waals surface area contributed by atoms with Crippen LogP contribution in [0.25, 0.3) is 0 Å². The largest absolute Gasteiger partial charge is 0.367 e. The van der Waals surface area contributed by atoms with E-state index in [2.05, 4.69) is 25.8 Å². The van der Waals surface area contributed by atoms with Gasteiger partial charge in [-0.15, -0.1) is 0 Å². The van der Waals surface area contributed by atoms with Crippen LogP contribution in [0.4, 0.5) is 20.2 Å². The summed E-state index contributed by atoms with van der Waals surface area (Å²) in [7, 11) is 0. The van der Waals surface area contributed by atoms with Crippen LogP contribution in [0.5, 0.6) is 0 Å². The van der Waals surface area contributed by atoms with Crippen LogP contribution in [0, 0.1) is 17.7 Å². The van der Waals surface area contributed by atoms with Gasteiger partial charge < -0.3 is 26.6 Å². The second kappa shape index (κ2) is 12.4. The molecule has 11 nitrogen and oxygen atoms in total. The molecular formula is C26H41F2N9O2. The topological polar surface area (TPSA) is 145 Å². The number of aromatic nitrogens is 1. The zero-order chi connectivity index (χ0) is 27.5. The van der Waals surface area contributed by atoms with Crippen molar-refractivity contribution in [3.8, 4) is 0 Å². The van der Waals surface area contributed by atoms with Crippen LogP contribution in [0.2, 0.25) is 0 Å². The molecule has 39 heavy (non-hydrogen) atoms. The quantitative estimate of drug-likeness (QED) is 0.292. The molecule has 1 atom stereocenters. The lowest BCUT2D eigenvalue weighted by atomic mass is 9.92. The molecule has 4 aliphatic rings. The minimum absolute atomic E-state index is 0.0743. The Morgan fingerprint density at radius 3 is 2.33 bits per heavy atom. The maximum Gasteiger partial charge on any atom is 0.233 e. The van der Waals surface area contributed by atoms with Gasteiger partial charge in [-0.3, -0.25) is 30.1 Å². The highest BCUT2D eigenvalue weighted by Gasteiger charge is 2.39. The Morgan fingerprint density at radius 2 is 1.69 bits per heavy atom. The van der Waals surface area contributed by atoms with E-state index in [1.807, 2.05) is 9.80 Å². The normalized spacial score (nSPS) is 26.4. The number of anilines is 2. The zero-order valence-electron chi connectivity index (χ0n) is 22.3. The summed E-state index contributed by atoms with van der Waals surface area (Å²) >= 11 is 0. The maximum absolute atomic E-state index is 15.1. The van der Waals surface area contributed by atoms with Gasteiger partial charge in [-0.05, 0) is 38.8 Å². The molecule has 7 N–H and O–H groups in total. The molecule has 13 heteroatoms. The van der Waals surface area contributed by atoms with Gasteiger partial charge in [0.2, 0.25) is 11.8 Å². The average Bonchev–Trinajstić information content (AvgIpc) is 2.90. The van der Waals surface area contributed by atoms with E-state index in [0.29, 0.717) is 32.0 Å². The third kappa shape index (κ3) is 6.32. The summed E-state index contributed by atoms with van der Waals surface area (Å²) in [5.41, 5.74) is 12.3. The Bertz CT molecular complexity index is 1000. The smallest absolute Gasteiger partial charge is 0.233 e. The number of hydrogen-bond donors (Lipinski definition) is 5. The minimum Gasteiger partial charge on any atom is -0.367 e. The Kier molecular flexibility index (Phi) is 8.92. The second-order valence-electron chi connectivity index (χ2n) is 11.3. The molecule has 5 heterocycles. The van der Waals surface area contributed by atoms with E-state index in [4.69, 9.17) is 11.5 Å². The monoisotopic (exact) mass is 549 g/mol. The fraction of sp³-hybridized carbons (Fsp3) is 0.731. The number of carbonyl (C=O) groups excluding carboxylic acids is 2. The molecule has 4 aliphatic heterocycles. The van der Waals surface area contributed by atoms with Crippen molar-refractivity contribution in [3.05, 3.63) is 18.2 Å². The number of piperidine rings is 2. The molecule has 0 saturated carbocycles. The number of halogens is 2. The minimum atomic E-state index is -1.08. The van der Waals surface area contributed by atoms with Crippen molar-refractivity contribution in [2.75, 3.05) is 62.6 Å². The van der Waals surface area contributed by atoms with Gasteiger partial charge in [0.25, 0.3) is 0 Å². The standard InChI is InChI=1S/C26H41F2N9O2/c27-17-10-32-24(33-11-17)21(23(29)30)25(38)34-20-13-31-12-19(28)22(20)36-8-4-16(5-9-36)26(39)37-14-18(15-37)35-6-2-1-3-7-35/h12-13,16-18,21,23-24,32-33H,1-11,14-15,29-30H2,(H,34,38). The molecule has 4 saturated heterocycles. The van der Waals surface area contributed by atoms with Gasteiger partial charge in [0.05, 0.1) is 36.3 Å². The number of rotatable bonds is 7. The van der Waals surface area contributed by atoms with Gasteiger partial charge in [0.1, 0.15) is 11.9 Å². The van der Waals surface area contributed by atoms with Crippen LogP contribution >= 0.6 is 0 Å². The van der Waals surface area contributed by atoms with Gasteiger partial charge in [0, 0.05) is 51.2 Å². The van der Waals surface area contributed by atoms with E-state index in [0.717, 1.165) is 32.4 Å². The third-order valence-corrected chi connectivity index (χ3v) is 8.57. The molecule has 1 unspecified atom stereocenters. The van der Waals surface area contributed by atoms with E-state index in [1.54, 1.807) is 0 Å². The predicted octanol–water partition coefficient (Wildman–Crippen LogP) is -0.211. The lowest BCUT2D eigenvalue weighted by Crippen LogP contribution is -2.64. The summed E-state index contributed by atoms with van der Waals surface area (Å²) in [4.78, 5) is 36.6. The van der Waals surface area contributed by atoms with Gasteiger partial charge >= 0.3 is 0 Å². The molecule has 0 aliphatic carbocycles. The number of carbonyl (C=O) groups is 2. The van der Waals surface area contributed by atoms with Gasteiger partial charge in [-0.2, -0.15) is 0 Å². The van der Waals surface area contributed by atoms with E-state index in [9.17, 15) is 14.0 Å². The molecule has 1 aromatic heterocycles. The van der Waals surface area contributed by atoms with E-state index in [1.165, 1.54) is 25.5 Å². The Morgan fingerprint density at radius 1 is 1.03 bits per heavy atom. The fourth-order valence-electron chi connectivity index (χ4n) is 6.27. The number of hydrogen-bond acceptors (Lipinski definition) is 9. The maximum atomic E-state index is 15.1. The van der Waals surface area contributed by atoms with Gasteiger partial charge in [-0.25, -0.2) is 8.78 Å². The Balaban J connectivity index is 1.18. The van der Waals surface area contributed by atoms with Crippen molar-refractivity contribution in [3.63, 3.8) is 0 Å². The first-order valence-corrected chi connectivity index (χ1v) is 14.2. The Hall–Kier alpha value is -2.45. The highest BCUT2D eigenvalue weighted by atomic mass is 19.1. The number of pyridine rings is 1. The van der Waals surface area contributed by atoms with Crippen molar-refractivity contribution in [2.24, 2.45) is 23.3 Å². The lowest BCUT2D eigenvalue weighted by molar-refractivity contribution is -0.144. The van der Waals surface area contributed by atoms with Crippen molar-refractivity contribution in [1.82, 2.24) is 25.4 Å². The fourth-order valence-corrected chi connectivity index (χ4v) is 6.27. The molecule has 0 radical (unpaired) electrons. The first-order valence-electron chi connectivity index (χ1n) is 14.2. The Labute approximate surface area is 228 Å². The number of nitrogens with two attached hydrogens (primary N) is 2. The average molecular weight is 550 g/mol. The summed E-state index contributed by atoms with van der Waals surface area (Å²) in [6, 6.07) is 0.481. The molecule has 0 bridgehead atoms. The first kappa shape index (κ1) is 28.1. The second-order valence-corrected chi connectivity index (χ2v) is 11.3. The van der Waals surface area contributed by atoms with E-state index < -0.39 is 36.1 Å². The van der Waals surface area contributed by atoms with E-state index in [-0.39, 0.29) is 36.3 Å². The highest BCUT2D eigenvalue weighted by Crippen LogP contribution is 2.33.